The Balaban J connectivity index is 2.17. The van der Waals surface area contributed by atoms with Gasteiger partial charge in [-0.2, -0.15) is 5.10 Å². The first kappa shape index (κ1) is 13.9. The van der Waals surface area contributed by atoms with Crippen molar-refractivity contribution in [3.8, 4) is 0 Å². The molecule has 2 aromatic rings. The molecule has 1 atom stereocenters. The van der Waals surface area contributed by atoms with Gasteiger partial charge in [-0.3, -0.25) is 9.59 Å². The third-order valence-electron chi connectivity index (χ3n) is 2.91. The summed E-state index contributed by atoms with van der Waals surface area (Å²) in [6.45, 7) is 1.68. The molecule has 0 bridgehead atoms. The minimum absolute atomic E-state index is 0.107. The van der Waals surface area contributed by atoms with Crippen LogP contribution in [-0.2, 0) is 7.05 Å². The van der Waals surface area contributed by atoms with Gasteiger partial charge < -0.3 is 5.32 Å². The molecule has 1 amide bonds. The zero-order valence-electron chi connectivity index (χ0n) is 11.1. The number of carbonyl (C=O) groups excluding carboxylic acids is 1. The number of benzene rings is 1. The maximum absolute atomic E-state index is 13.6. The van der Waals surface area contributed by atoms with Crippen LogP contribution >= 0.6 is 0 Å². The molecular formula is C14H14FN3O2. The Bertz CT molecular complexity index is 697. The molecule has 1 N–H and O–H groups in total. The van der Waals surface area contributed by atoms with Crippen LogP contribution in [0, 0.1) is 5.82 Å². The minimum Gasteiger partial charge on any atom is -0.344 e. The Hall–Kier alpha value is -2.50. The zero-order valence-corrected chi connectivity index (χ0v) is 11.1. The molecule has 0 aliphatic heterocycles. The van der Waals surface area contributed by atoms with Crippen molar-refractivity contribution in [3.05, 3.63) is 63.8 Å². The Morgan fingerprint density at radius 1 is 1.30 bits per heavy atom. The van der Waals surface area contributed by atoms with E-state index >= 15 is 0 Å². The van der Waals surface area contributed by atoms with Crippen LogP contribution in [0.15, 0.2) is 41.2 Å². The smallest absolute Gasteiger partial charge is 0.272 e. The fraction of sp³-hybridized carbons (Fsp3) is 0.214. The van der Waals surface area contributed by atoms with E-state index in [-0.39, 0.29) is 17.1 Å². The zero-order chi connectivity index (χ0) is 14.7. The van der Waals surface area contributed by atoms with Crippen LogP contribution in [0.3, 0.4) is 0 Å². The molecule has 0 saturated carbocycles. The second kappa shape index (κ2) is 5.64. The van der Waals surface area contributed by atoms with Crippen molar-refractivity contribution in [3.63, 3.8) is 0 Å². The van der Waals surface area contributed by atoms with Gasteiger partial charge in [0.2, 0.25) is 0 Å². The molecule has 1 aromatic carbocycles. The van der Waals surface area contributed by atoms with Crippen LogP contribution in [0.4, 0.5) is 4.39 Å². The number of amides is 1. The highest BCUT2D eigenvalue weighted by Crippen LogP contribution is 2.16. The van der Waals surface area contributed by atoms with E-state index in [0.29, 0.717) is 5.56 Å². The lowest BCUT2D eigenvalue weighted by Crippen LogP contribution is -2.30. The van der Waals surface area contributed by atoms with Crippen LogP contribution < -0.4 is 10.9 Å². The Labute approximate surface area is 115 Å². The van der Waals surface area contributed by atoms with Crippen LogP contribution in [0.25, 0.3) is 0 Å². The van der Waals surface area contributed by atoms with E-state index in [1.807, 2.05) is 0 Å². The molecular weight excluding hydrogens is 261 g/mol. The molecule has 20 heavy (non-hydrogen) atoms. The van der Waals surface area contributed by atoms with Gasteiger partial charge >= 0.3 is 0 Å². The van der Waals surface area contributed by atoms with Gasteiger partial charge in [-0.25, -0.2) is 9.07 Å². The van der Waals surface area contributed by atoms with Gasteiger partial charge in [0, 0.05) is 18.7 Å². The van der Waals surface area contributed by atoms with E-state index in [0.717, 1.165) is 4.68 Å². The molecule has 0 fully saturated rings. The number of rotatable bonds is 3. The summed E-state index contributed by atoms with van der Waals surface area (Å²) < 4.78 is 14.7. The molecule has 104 valence electrons. The van der Waals surface area contributed by atoms with Gasteiger partial charge in [0.15, 0.2) is 0 Å². The monoisotopic (exact) mass is 275 g/mol. The molecule has 1 aromatic heterocycles. The second-order valence-corrected chi connectivity index (χ2v) is 4.40. The van der Waals surface area contributed by atoms with Crippen LogP contribution in [0.5, 0.6) is 0 Å². The Morgan fingerprint density at radius 2 is 2.00 bits per heavy atom. The highest BCUT2D eigenvalue weighted by molar-refractivity contribution is 5.92. The van der Waals surface area contributed by atoms with Crippen LogP contribution in [0.1, 0.15) is 29.0 Å². The standard InChI is InChI=1S/C14H14FN3O2/c1-9(10-5-3-4-6-11(10)15)16-14(20)12-7-8-13(19)18(2)17-12/h3-9H,1-2H3,(H,16,20). The van der Waals surface area contributed by atoms with E-state index in [4.69, 9.17) is 0 Å². The molecule has 6 heteroatoms. The van der Waals surface area contributed by atoms with E-state index < -0.39 is 11.9 Å². The number of nitrogens with one attached hydrogen (secondary N) is 1. The maximum Gasteiger partial charge on any atom is 0.272 e. The predicted octanol–water partition coefficient (Wildman–Crippen LogP) is 1.41. The molecule has 0 saturated heterocycles. The lowest BCUT2D eigenvalue weighted by molar-refractivity contribution is 0.0932. The van der Waals surface area contributed by atoms with Gasteiger partial charge in [0.05, 0.1) is 6.04 Å². The van der Waals surface area contributed by atoms with Crippen molar-refractivity contribution in [2.45, 2.75) is 13.0 Å². The number of aryl methyl sites for hydroxylation is 1. The summed E-state index contributed by atoms with van der Waals surface area (Å²) >= 11 is 0. The fourth-order valence-electron chi connectivity index (χ4n) is 1.80. The number of carbonyl (C=O) groups is 1. The first-order valence-electron chi connectivity index (χ1n) is 6.08. The summed E-state index contributed by atoms with van der Waals surface area (Å²) in [7, 11) is 1.46. The summed E-state index contributed by atoms with van der Waals surface area (Å²) in [4.78, 5) is 23.2. The van der Waals surface area contributed by atoms with Crippen molar-refractivity contribution < 1.29 is 9.18 Å². The second-order valence-electron chi connectivity index (χ2n) is 4.40. The van der Waals surface area contributed by atoms with Crippen molar-refractivity contribution in [2.75, 3.05) is 0 Å². The van der Waals surface area contributed by atoms with Crippen LogP contribution in [0.2, 0.25) is 0 Å². The van der Waals surface area contributed by atoms with Crippen molar-refractivity contribution in [1.29, 1.82) is 0 Å². The summed E-state index contributed by atoms with van der Waals surface area (Å²) in [5.41, 5.74) is 0.199. The number of halogens is 1. The summed E-state index contributed by atoms with van der Waals surface area (Å²) in [5.74, 6) is -0.843. The third kappa shape index (κ3) is 2.90. The molecule has 0 aliphatic carbocycles. The average Bonchev–Trinajstić information content (AvgIpc) is 2.42. The molecule has 1 heterocycles. The Morgan fingerprint density at radius 3 is 2.65 bits per heavy atom. The number of aromatic nitrogens is 2. The molecule has 1 unspecified atom stereocenters. The highest BCUT2D eigenvalue weighted by Gasteiger charge is 2.15. The summed E-state index contributed by atoms with van der Waals surface area (Å²) in [6.07, 6.45) is 0. The molecule has 0 radical (unpaired) electrons. The number of nitrogens with zero attached hydrogens (tertiary/aromatic N) is 2. The fourth-order valence-corrected chi connectivity index (χ4v) is 1.80. The topological polar surface area (TPSA) is 64.0 Å². The van der Waals surface area contributed by atoms with E-state index in [2.05, 4.69) is 10.4 Å². The predicted molar refractivity (Wildman–Crippen MR) is 71.8 cm³/mol. The van der Waals surface area contributed by atoms with Gasteiger partial charge in [-0.15, -0.1) is 0 Å². The lowest BCUT2D eigenvalue weighted by atomic mass is 10.1. The SMILES string of the molecule is CC(NC(=O)c1ccc(=O)n(C)n1)c1ccccc1F. The lowest BCUT2D eigenvalue weighted by Gasteiger charge is -2.14. The van der Waals surface area contributed by atoms with Gasteiger partial charge in [-0.1, -0.05) is 18.2 Å². The quantitative estimate of drug-likeness (QED) is 0.921. The molecule has 0 spiro atoms. The van der Waals surface area contributed by atoms with Gasteiger partial charge in [0.1, 0.15) is 11.5 Å². The first-order chi connectivity index (χ1) is 9.49. The molecule has 0 aliphatic rings. The van der Waals surface area contributed by atoms with Gasteiger partial charge in [-0.05, 0) is 19.1 Å². The summed E-state index contributed by atoms with van der Waals surface area (Å²) in [5, 5.41) is 6.48. The van der Waals surface area contributed by atoms with Crippen molar-refractivity contribution in [1.82, 2.24) is 15.1 Å². The average molecular weight is 275 g/mol. The molecule has 5 nitrogen and oxygen atoms in total. The van der Waals surface area contributed by atoms with Crippen LogP contribution in [-0.4, -0.2) is 15.7 Å². The normalized spacial score (nSPS) is 11.9. The maximum atomic E-state index is 13.6. The third-order valence-corrected chi connectivity index (χ3v) is 2.91. The van der Waals surface area contributed by atoms with Crippen molar-refractivity contribution in [2.24, 2.45) is 7.05 Å². The minimum atomic E-state index is -0.497. The first-order valence-corrected chi connectivity index (χ1v) is 6.08. The van der Waals surface area contributed by atoms with E-state index in [1.165, 1.54) is 25.2 Å². The highest BCUT2D eigenvalue weighted by atomic mass is 19.1. The Kier molecular flexibility index (Phi) is 3.93. The largest absolute Gasteiger partial charge is 0.344 e. The number of hydrogen-bond acceptors (Lipinski definition) is 3. The number of hydrogen-bond donors (Lipinski definition) is 1. The van der Waals surface area contributed by atoms with Crippen molar-refractivity contribution >= 4 is 5.91 Å². The molecule has 2 rings (SSSR count). The van der Waals surface area contributed by atoms with E-state index in [9.17, 15) is 14.0 Å². The van der Waals surface area contributed by atoms with E-state index in [1.54, 1.807) is 25.1 Å². The summed E-state index contributed by atoms with van der Waals surface area (Å²) in [6, 6.07) is 8.33. The van der Waals surface area contributed by atoms with Gasteiger partial charge in [0.25, 0.3) is 11.5 Å².